The van der Waals surface area contributed by atoms with Gasteiger partial charge in [-0.1, -0.05) is 0 Å². The molecule has 0 radical (unpaired) electrons. The number of ether oxygens (including phenoxy) is 2. The minimum absolute atomic E-state index is 0.0939. The summed E-state index contributed by atoms with van der Waals surface area (Å²) in [5.41, 5.74) is 0. The van der Waals surface area contributed by atoms with Gasteiger partial charge in [0.2, 0.25) is 0 Å². The fraction of sp³-hybridized carbons (Fsp3) is 0.750. The summed E-state index contributed by atoms with van der Waals surface area (Å²) in [5, 5.41) is 17.7. The van der Waals surface area contributed by atoms with Crippen molar-refractivity contribution in [2.45, 2.75) is 24.8 Å². The van der Waals surface area contributed by atoms with Crippen LogP contribution in [-0.2, 0) is 14.3 Å². The molecule has 0 aromatic carbocycles. The highest BCUT2D eigenvalue weighted by atomic mass is 16.5. The largest absolute Gasteiger partial charge is 0.480 e. The van der Waals surface area contributed by atoms with Crippen LogP contribution in [-0.4, -0.2) is 59.8 Å². The van der Waals surface area contributed by atoms with Gasteiger partial charge in [-0.05, 0) is 0 Å². The van der Waals surface area contributed by atoms with E-state index in [1.54, 1.807) is 0 Å². The molecule has 86 valence electrons. The number of hydrogen-bond acceptors (Lipinski definition) is 4. The highest BCUT2D eigenvalue weighted by Crippen LogP contribution is 2.27. The minimum atomic E-state index is -1.33. The van der Waals surface area contributed by atoms with E-state index in [1.807, 2.05) is 0 Å². The Morgan fingerprint density at radius 3 is 2.20 bits per heavy atom. The number of carboxylic acids is 1. The van der Waals surface area contributed by atoms with Crippen LogP contribution in [0, 0.1) is 0 Å². The van der Waals surface area contributed by atoms with E-state index in [4.69, 9.17) is 19.7 Å². The van der Waals surface area contributed by atoms with Crippen molar-refractivity contribution in [3.63, 3.8) is 0 Å². The average molecular weight is 219 g/mol. The predicted molar refractivity (Wildman–Crippen MR) is 47.5 cm³/mol. The molecule has 2 N–H and O–H groups in total. The predicted octanol–water partition coefficient (Wildman–Crippen LogP) is -0.189. The van der Waals surface area contributed by atoms with Crippen molar-refractivity contribution in [3.05, 3.63) is 0 Å². The lowest BCUT2D eigenvalue weighted by Gasteiger charge is -2.25. The van der Waals surface area contributed by atoms with Gasteiger partial charge in [-0.15, -0.1) is 0 Å². The normalized spacial score (nSPS) is 30.5. The third kappa shape index (κ3) is 2.02. The zero-order valence-electron chi connectivity index (χ0n) is 8.41. The smallest absolute Gasteiger partial charge is 0.410 e. The molecule has 1 saturated heterocycles. The van der Waals surface area contributed by atoms with E-state index in [1.165, 1.54) is 14.2 Å². The van der Waals surface area contributed by atoms with Crippen molar-refractivity contribution < 1.29 is 29.3 Å². The number of methoxy groups -OCH3 is 2. The Labute approximate surface area is 86.2 Å². The third-order valence-electron chi connectivity index (χ3n) is 2.43. The lowest BCUT2D eigenvalue weighted by molar-refractivity contribution is -0.144. The number of carbonyl (C=O) groups is 2. The van der Waals surface area contributed by atoms with Crippen molar-refractivity contribution in [2.24, 2.45) is 0 Å². The van der Waals surface area contributed by atoms with Gasteiger partial charge in [-0.3, -0.25) is 4.90 Å². The fourth-order valence-electron chi connectivity index (χ4n) is 1.75. The van der Waals surface area contributed by atoms with Gasteiger partial charge in [0.15, 0.2) is 6.23 Å². The first-order chi connectivity index (χ1) is 7.02. The number of rotatable bonds is 3. The van der Waals surface area contributed by atoms with Crippen molar-refractivity contribution in [2.75, 3.05) is 14.2 Å². The number of hydrogen-bond donors (Lipinski definition) is 2. The van der Waals surface area contributed by atoms with Gasteiger partial charge in [0, 0.05) is 20.6 Å². The molecule has 0 saturated carbocycles. The lowest BCUT2D eigenvalue weighted by Crippen LogP contribution is -2.46. The van der Waals surface area contributed by atoms with Crippen molar-refractivity contribution in [3.8, 4) is 0 Å². The number of aliphatic carboxylic acids is 1. The summed E-state index contributed by atoms with van der Waals surface area (Å²) in [7, 11) is 2.71. The Morgan fingerprint density at radius 2 is 1.87 bits per heavy atom. The number of likely N-dealkylation sites (tertiary alicyclic amines) is 1. The quantitative estimate of drug-likeness (QED) is 0.683. The topological polar surface area (TPSA) is 96.3 Å². The maximum Gasteiger partial charge on any atom is 0.410 e. The molecule has 0 aliphatic carbocycles. The van der Waals surface area contributed by atoms with Crippen LogP contribution in [0.25, 0.3) is 0 Å². The molecular formula is C8H13NO6. The SMILES string of the molecule is COC1[C@H](OC)C[C@@H](C(=O)O)N1C(=O)O. The second-order valence-electron chi connectivity index (χ2n) is 3.18. The average Bonchev–Trinajstić information content (AvgIpc) is 2.55. The van der Waals surface area contributed by atoms with Crippen LogP contribution >= 0.6 is 0 Å². The summed E-state index contributed by atoms with van der Waals surface area (Å²) in [6.45, 7) is 0. The highest BCUT2D eigenvalue weighted by molar-refractivity contribution is 5.80. The molecule has 1 heterocycles. The summed E-state index contributed by atoms with van der Waals surface area (Å²) in [5.74, 6) is -1.20. The first kappa shape index (κ1) is 11.7. The molecular weight excluding hydrogens is 206 g/mol. The van der Waals surface area contributed by atoms with Crippen LogP contribution in [0.5, 0.6) is 0 Å². The highest BCUT2D eigenvalue weighted by Gasteiger charge is 2.48. The molecule has 0 spiro atoms. The molecule has 1 aliphatic rings. The van der Waals surface area contributed by atoms with E-state index in [0.29, 0.717) is 0 Å². The first-order valence-corrected chi connectivity index (χ1v) is 4.32. The Hall–Kier alpha value is -1.34. The first-order valence-electron chi connectivity index (χ1n) is 4.32. The maximum atomic E-state index is 10.9. The molecule has 1 amide bonds. The molecule has 1 fully saturated rings. The second kappa shape index (κ2) is 4.45. The maximum absolute atomic E-state index is 10.9. The third-order valence-corrected chi connectivity index (χ3v) is 2.43. The summed E-state index contributed by atoms with van der Waals surface area (Å²) in [6.07, 6.45) is -2.65. The van der Waals surface area contributed by atoms with Gasteiger partial charge in [0.1, 0.15) is 12.1 Å². The van der Waals surface area contributed by atoms with Gasteiger partial charge in [-0.25, -0.2) is 9.59 Å². The van der Waals surface area contributed by atoms with E-state index in [0.717, 1.165) is 4.90 Å². The Morgan fingerprint density at radius 1 is 1.27 bits per heavy atom. The number of carboxylic acid groups (broad SMARTS) is 2. The van der Waals surface area contributed by atoms with Crippen LogP contribution in [0.2, 0.25) is 0 Å². The van der Waals surface area contributed by atoms with Crippen molar-refractivity contribution >= 4 is 12.1 Å². The Kier molecular flexibility index (Phi) is 3.48. The molecule has 1 aliphatic heterocycles. The Bertz CT molecular complexity index is 268. The van der Waals surface area contributed by atoms with Crippen molar-refractivity contribution in [1.29, 1.82) is 0 Å². The van der Waals surface area contributed by atoms with Gasteiger partial charge in [-0.2, -0.15) is 0 Å². The molecule has 1 unspecified atom stereocenters. The van der Waals surface area contributed by atoms with Crippen LogP contribution in [0.4, 0.5) is 4.79 Å². The minimum Gasteiger partial charge on any atom is -0.480 e. The van der Waals surface area contributed by atoms with E-state index >= 15 is 0 Å². The summed E-state index contributed by atoms with van der Waals surface area (Å²) in [6, 6.07) is -1.11. The molecule has 0 bridgehead atoms. The standard InChI is InChI=1S/C8H13NO6/c1-14-5-3-4(7(10)11)9(8(12)13)6(5)15-2/h4-6H,3H2,1-2H3,(H,10,11)(H,12,13)/t4-,5+,6?/m0/s1. The van der Waals surface area contributed by atoms with Crippen LogP contribution in [0.1, 0.15) is 6.42 Å². The monoisotopic (exact) mass is 219 g/mol. The van der Waals surface area contributed by atoms with E-state index in [9.17, 15) is 9.59 Å². The Balaban J connectivity index is 2.93. The molecule has 7 heteroatoms. The molecule has 1 rings (SSSR count). The van der Waals surface area contributed by atoms with E-state index < -0.39 is 30.4 Å². The number of nitrogens with zero attached hydrogens (tertiary/aromatic N) is 1. The van der Waals surface area contributed by atoms with E-state index in [2.05, 4.69) is 0 Å². The molecule has 3 atom stereocenters. The zero-order chi connectivity index (χ0) is 11.6. The van der Waals surface area contributed by atoms with E-state index in [-0.39, 0.29) is 6.42 Å². The lowest BCUT2D eigenvalue weighted by atomic mass is 10.2. The van der Waals surface area contributed by atoms with Crippen LogP contribution < -0.4 is 0 Å². The molecule has 15 heavy (non-hydrogen) atoms. The summed E-state index contributed by atoms with van der Waals surface area (Å²) in [4.78, 5) is 22.5. The van der Waals surface area contributed by atoms with Gasteiger partial charge in [0.25, 0.3) is 0 Å². The van der Waals surface area contributed by atoms with Gasteiger partial charge in [0.05, 0.1) is 0 Å². The summed E-state index contributed by atoms with van der Waals surface area (Å²) < 4.78 is 9.91. The fourth-order valence-corrected chi connectivity index (χ4v) is 1.75. The number of amides is 1. The second-order valence-corrected chi connectivity index (χ2v) is 3.18. The van der Waals surface area contributed by atoms with Crippen LogP contribution in [0.3, 0.4) is 0 Å². The summed E-state index contributed by atoms with van der Waals surface area (Å²) >= 11 is 0. The molecule has 0 aromatic heterocycles. The van der Waals surface area contributed by atoms with Crippen LogP contribution in [0.15, 0.2) is 0 Å². The van der Waals surface area contributed by atoms with Gasteiger partial charge >= 0.3 is 12.1 Å². The van der Waals surface area contributed by atoms with Gasteiger partial charge < -0.3 is 19.7 Å². The van der Waals surface area contributed by atoms with Crippen molar-refractivity contribution in [1.82, 2.24) is 4.90 Å². The zero-order valence-corrected chi connectivity index (χ0v) is 8.41. The molecule has 0 aromatic rings. The molecule has 7 nitrogen and oxygen atoms in total.